The third kappa shape index (κ3) is 2.89. The van der Waals surface area contributed by atoms with Crippen LogP contribution in [0, 0.1) is 0 Å². The third-order valence-electron chi connectivity index (χ3n) is 2.49. The zero-order valence-corrected chi connectivity index (χ0v) is 13.8. The molecule has 0 fully saturated rings. The number of hydrogen-bond donors (Lipinski definition) is 1. The summed E-state index contributed by atoms with van der Waals surface area (Å²) in [7, 11) is -2.12. The van der Waals surface area contributed by atoms with Gasteiger partial charge in [0.2, 0.25) is 0 Å². The number of nitrogens with two attached hydrogens (primary N) is 1. The van der Waals surface area contributed by atoms with Gasteiger partial charge in [-0.2, -0.15) is 0 Å². The molecule has 1 aromatic heterocycles. The van der Waals surface area contributed by atoms with Gasteiger partial charge in [0.1, 0.15) is 4.21 Å². The number of hydrogen-bond acceptors (Lipinski definition) is 4. The third-order valence-corrected chi connectivity index (χ3v) is 7.20. The zero-order chi connectivity index (χ0) is 14.2. The summed E-state index contributed by atoms with van der Waals surface area (Å²) >= 11 is 10.2. The van der Waals surface area contributed by atoms with Gasteiger partial charge in [-0.3, -0.25) is 4.31 Å². The largest absolute Gasteiger partial charge is 0.399 e. The van der Waals surface area contributed by atoms with Crippen molar-refractivity contribution in [1.82, 2.24) is 0 Å². The van der Waals surface area contributed by atoms with Crippen LogP contribution in [0.15, 0.2) is 38.3 Å². The Morgan fingerprint density at radius 1 is 1.32 bits per heavy atom. The number of nitrogens with zero attached hydrogens (tertiary/aromatic N) is 1. The minimum atomic E-state index is -3.61. The topological polar surface area (TPSA) is 63.4 Å². The van der Waals surface area contributed by atoms with Gasteiger partial charge in [-0.1, -0.05) is 11.6 Å². The quantitative estimate of drug-likeness (QED) is 0.827. The van der Waals surface area contributed by atoms with Gasteiger partial charge in [0.25, 0.3) is 10.0 Å². The van der Waals surface area contributed by atoms with Crippen molar-refractivity contribution in [3.8, 4) is 0 Å². The van der Waals surface area contributed by atoms with Crippen LogP contribution in [0.3, 0.4) is 0 Å². The molecular weight excluding hydrogens is 372 g/mol. The van der Waals surface area contributed by atoms with Crippen molar-refractivity contribution < 1.29 is 8.42 Å². The summed E-state index contributed by atoms with van der Waals surface area (Å²) in [6, 6.07) is 8.03. The van der Waals surface area contributed by atoms with Crippen molar-refractivity contribution >= 4 is 60.3 Å². The molecule has 0 amide bonds. The van der Waals surface area contributed by atoms with Crippen LogP contribution < -0.4 is 10.0 Å². The Hall–Kier alpha value is -0.760. The lowest BCUT2D eigenvalue weighted by atomic mass is 10.3. The standard InChI is InChI=1S/C11H10BrClN2O2S2/c1-15(8-4-2-7(14)3-5-8)19(16,17)10-6-9(13)11(12)18-10/h2-6H,14H2,1H3. The molecule has 4 nitrogen and oxygen atoms in total. The Morgan fingerprint density at radius 3 is 2.37 bits per heavy atom. The van der Waals surface area contributed by atoms with Crippen LogP contribution in [0.25, 0.3) is 0 Å². The summed E-state index contributed by atoms with van der Waals surface area (Å²) in [4.78, 5) is 0. The molecule has 0 aliphatic heterocycles. The summed E-state index contributed by atoms with van der Waals surface area (Å²) in [5.41, 5.74) is 6.70. The molecule has 0 radical (unpaired) electrons. The highest BCUT2D eigenvalue weighted by atomic mass is 79.9. The molecule has 0 bridgehead atoms. The van der Waals surface area contributed by atoms with Gasteiger partial charge in [0, 0.05) is 12.7 Å². The zero-order valence-electron chi connectivity index (χ0n) is 9.80. The second-order valence-corrected chi connectivity index (χ2v) is 8.72. The first-order valence-electron chi connectivity index (χ1n) is 5.11. The second kappa shape index (κ2) is 5.32. The smallest absolute Gasteiger partial charge is 0.273 e. The fourth-order valence-electron chi connectivity index (χ4n) is 1.41. The molecule has 0 aliphatic rings. The molecule has 19 heavy (non-hydrogen) atoms. The average molecular weight is 382 g/mol. The molecule has 2 rings (SSSR count). The Labute approximate surface area is 129 Å². The Kier molecular flexibility index (Phi) is 4.10. The number of rotatable bonds is 3. The van der Waals surface area contributed by atoms with Gasteiger partial charge in [0.15, 0.2) is 0 Å². The second-order valence-electron chi connectivity index (χ2n) is 3.75. The predicted octanol–water partition coefficient (Wildman–Crippen LogP) is 3.57. The molecule has 1 heterocycles. The number of nitrogen functional groups attached to an aromatic ring is 1. The normalized spacial score (nSPS) is 11.5. The van der Waals surface area contributed by atoms with Crippen molar-refractivity contribution in [2.45, 2.75) is 4.21 Å². The van der Waals surface area contributed by atoms with Crippen molar-refractivity contribution in [1.29, 1.82) is 0 Å². The summed E-state index contributed by atoms with van der Waals surface area (Å²) in [5, 5.41) is 0.384. The molecule has 0 atom stereocenters. The Morgan fingerprint density at radius 2 is 1.89 bits per heavy atom. The lowest BCUT2D eigenvalue weighted by Crippen LogP contribution is -2.25. The maximum Gasteiger partial charge on any atom is 0.273 e. The van der Waals surface area contributed by atoms with Crippen LogP contribution in [0.1, 0.15) is 0 Å². The number of anilines is 2. The maximum absolute atomic E-state index is 12.4. The first-order chi connectivity index (χ1) is 8.82. The van der Waals surface area contributed by atoms with Gasteiger partial charge in [-0.05, 0) is 46.3 Å². The molecular formula is C11H10BrClN2O2S2. The summed E-state index contributed by atoms with van der Waals surface area (Å²) < 4.78 is 26.8. The first kappa shape index (κ1) is 14.6. The molecule has 0 saturated carbocycles. The SMILES string of the molecule is CN(c1ccc(N)cc1)S(=O)(=O)c1cc(Cl)c(Br)s1. The maximum atomic E-state index is 12.4. The number of thiophene rings is 1. The highest BCUT2D eigenvalue weighted by Gasteiger charge is 2.24. The van der Waals surface area contributed by atoms with E-state index in [-0.39, 0.29) is 4.21 Å². The number of sulfonamides is 1. The highest BCUT2D eigenvalue weighted by Crippen LogP contribution is 2.36. The van der Waals surface area contributed by atoms with Crippen molar-refractivity contribution in [3.05, 3.63) is 39.1 Å². The van der Waals surface area contributed by atoms with E-state index in [9.17, 15) is 8.42 Å². The van der Waals surface area contributed by atoms with E-state index in [1.807, 2.05) is 0 Å². The molecule has 0 aliphatic carbocycles. The Balaban J connectivity index is 2.41. The van der Waals surface area contributed by atoms with E-state index in [0.29, 0.717) is 20.2 Å². The van der Waals surface area contributed by atoms with Gasteiger partial charge >= 0.3 is 0 Å². The highest BCUT2D eigenvalue weighted by molar-refractivity contribution is 9.11. The fourth-order valence-corrected chi connectivity index (χ4v) is 5.18. The predicted molar refractivity (Wildman–Crippen MR) is 83.5 cm³/mol. The van der Waals surface area contributed by atoms with Crippen LogP contribution in [0.2, 0.25) is 5.02 Å². The van der Waals surface area contributed by atoms with Crippen LogP contribution in [-0.2, 0) is 10.0 Å². The van der Waals surface area contributed by atoms with E-state index in [0.717, 1.165) is 11.3 Å². The first-order valence-corrected chi connectivity index (χ1v) is 8.54. The van der Waals surface area contributed by atoms with E-state index in [2.05, 4.69) is 15.9 Å². The van der Waals surface area contributed by atoms with Crippen LogP contribution in [0.5, 0.6) is 0 Å². The lowest BCUT2D eigenvalue weighted by molar-refractivity contribution is 0.596. The van der Waals surface area contributed by atoms with Crippen molar-refractivity contribution in [3.63, 3.8) is 0 Å². The summed E-state index contributed by atoms with van der Waals surface area (Å²) in [6.45, 7) is 0. The monoisotopic (exact) mass is 380 g/mol. The van der Waals surface area contributed by atoms with Crippen LogP contribution in [0.4, 0.5) is 11.4 Å². The summed E-state index contributed by atoms with van der Waals surface area (Å²) in [6.07, 6.45) is 0. The molecule has 8 heteroatoms. The molecule has 1 aromatic carbocycles. The van der Waals surface area contributed by atoms with Crippen LogP contribution in [-0.4, -0.2) is 15.5 Å². The van der Waals surface area contributed by atoms with Crippen LogP contribution >= 0.6 is 38.9 Å². The molecule has 2 N–H and O–H groups in total. The average Bonchev–Trinajstić information content (AvgIpc) is 2.70. The summed E-state index contributed by atoms with van der Waals surface area (Å²) in [5.74, 6) is 0. The van der Waals surface area contributed by atoms with E-state index in [4.69, 9.17) is 17.3 Å². The van der Waals surface area contributed by atoms with Gasteiger partial charge in [0.05, 0.1) is 14.5 Å². The molecule has 102 valence electrons. The van der Waals surface area contributed by atoms with E-state index < -0.39 is 10.0 Å². The van der Waals surface area contributed by atoms with Gasteiger partial charge < -0.3 is 5.73 Å². The minimum Gasteiger partial charge on any atom is -0.399 e. The minimum absolute atomic E-state index is 0.184. The Bertz CT molecular complexity index is 678. The van der Waals surface area contributed by atoms with Crippen molar-refractivity contribution in [2.75, 3.05) is 17.1 Å². The molecule has 0 spiro atoms. The lowest BCUT2D eigenvalue weighted by Gasteiger charge is -2.18. The number of benzene rings is 1. The molecule has 0 unspecified atom stereocenters. The van der Waals surface area contributed by atoms with E-state index in [1.54, 1.807) is 24.3 Å². The van der Waals surface area contributed by atoms with Crippen molar-refractivity contribution in [2.24, 2.45) is 0 Å². The van der Waals surface area contributed by atoms with Gasteiger partial charge in [-0.25, -0.2) is 8.42 Å². The van der Waals surface area contributed by atoms with E-state index >= 15 is 0 Å². The van der Waals surface area contributed by atoms with E-state index in [1.165, 1.54) is 17.4 Å². The fraction of sp³-hybridized carbons (Fsp3) is 0.0909. The molecule has 0 saturated heterocycles. The van der Waals surface area contributed by atoms with Gasteiger partial charge in [-0.15, -0.1) is 11.3 Å². The number of halogens is 2. The molecule has 2 aromatic rings.